The summed E-state index contributed by atoms with van der Waals surface area (Å²) in [6.45, 7) is 3.93. The van der Waals surface area contributed by atoms with E-state index in [1.807, 2.05) is 17.5 Å². The number of hydrogen-bond acceptors (Lipinski definition) is 4. The molecule has 3 heterocycles. The second-order valence-electron chi connectivity index (χ2n) is 7.89. The molecule has 5 heteroatoms. The fraction of sp³-hybridized carbons (Fsp3) is 0.619. The fourth-order valence-corrected chi connectivity index (χ4v) is 5.37. The number of amides is 1. The van der Waals surface area contributed by atoms with Crippen LogP contribution in [0.4, 0.5) is 5.82 Å². The molecule has 1 unspecified atom stereocenters. The lowest BCUT2D eigenvalue weighted by Crippen LogP contribution is -2.46. The van der Waals surface area contributed by atoms with E-state index in [2.05, 4.69) is 34.3 Å². The van der Waals surface area contributed by atoms with E-state index >= 15 is 0 Å². The number of carbonyl (C=O) groups is 1. The lowest BCUT2D eigenvalue weighted by atomic mass is 9.96. The molecule has 140 valence electrons. The number of pyridine rings is 1. The molecular weight excluding hydrogens is 342 g/mol. The molecule has 4 nitrogen and oxygen atoms in total. The van der Waals surface area contributed by atoms with E-state index in [-0.39, 0.29) is 11.8 Å². The van der Waals surface area contributed by atoms with Gasteiger partial charge in [0.05, 0.1) is 5.92 Å². The Balaban J connectivity index is 1.45. The van der Waals surface area contributed by atoms with Crippen molar-refractivity contribution in [3.63, 3.8) is 0 Å². The second-order valence-corrected chi connectivity index (χ2v) is 9.17. The molecule has 2 aliphatic rings. The smallest absolute Gasteiger partial charge is 0.225 e. The first-order valence-electron chi connectivity index (χ1n) is 10.1. The highest BCUT2D eigenvalue weighted by Crippen LogP contribution is 2.33. The van der Waals surface area contributed by atoms with Crippen molar-refractivity contribution in [2.45, 2.75) is 64.3 Å². The van der Waals surface area contributed by atoms with Gasteiger partial charge in [-0.1, -0.05) is 25.7 Å². The fourth-order valence-electron chi connectivity index (χ4n) is 4.45. The summed E-state index contributed by atoms with van der Waals surface area (Å²) in [6, 6.07) is 4.72. The zero-order chi connectivity index (χ0) is 17.9. The maximum absolute atomic E-state index is 12.9. The van der Waals surface area contributed by atoms with Crippen LogP contribution in [0.3, 0.4) is 0 Å². The molecule has 2 aromatic rings. The van der Waals surface area contributed by atoms with Crippen molar-refractivity contribution in [2.24, 2.45) is 5.92 Å². The van der Waals surface area contributed by atoms with Crippen molar-refractivity contribution in [3.8, 4) is 0 Å². The van der Waals surface area contributed by atoms with Gasteiger partial charge in [-0.3, -0.25) is 4.79 Å². The van der Waals surface area contributed by atoms with Crippen molar-refractivity contribution in [3.05, 3.63) is 23.2 Å². The molecule has 1 saturated heterocycles. The Kier molecular flexibility index (Phi) is 5.44. The molecule has 2 aromatic heterocycles. The average Bonchev–Trinajstić information content (AvgIpc) is 2.86. The summed E-state index contributed by atoms with van der Waals surface area (Å²) in [4.78, 5) is 21.2. The summed E-state index contributed by atoms with van der Waals surface area (Å²) in [5, 5.41) is 4.59. The summed E-state index contributed by atoms with van der Waals surface area (Å²) in [6.07, 6.45) is 11.4. The number of nitrogens with zero attached hydrogens (tertiary/aromatic N) is 2. The van der Waals surface area contributed by atoms with E-state index < -0.39 is 0 Å². The van der Waals surface area contributed by atoms with Gasteiger partial charge in [0, 0.05) is 40.3 Å². The van der Waals surface area contributed by atoms with E-state index in [1.54, 1.807) is 0 Å². The predicted molar refractivity (Wildman–Crippen MR) is 109 cm³/mol. The Labute approximate surface area is 160 Å². The summed E-state index contributed by atoms with van der Waals surface area (Å²) < 4.78 is 1.29. The van der Waals surface area contributed by atoms with Crippen LogP contribution < -0.4 is 10.2 Å². The lowest BCUT2D eigenvalue weighted by molar-refractivity contribution is -0.126. The molecule has 1 aliphatic carbocycles. The minimum atomic E-state index is 0.0868. The third kappa shape index (κ3) is 3.88. The Bertz CT molecular complexity index is 764. The predicted octanol–water partition coefficient (Wildman–Crippen LogP) is 4.66. The molecular formula is C21H29N3OS. The van der Waals surface area contributed by atoms with Gasteiger partial charge in [-0.15, -0.1) is 11.3 Å². The molecule has 1 aliphatic heterocycles. The number of fused-ring (bicyclic) bond motifs is 1. The van der Waals surface area contributed by atoms with Crippen LogP contribution in [0.15, 0.2) is 18.3 Å². The molecule has 26 heavy (non-hydrogen) atoms. The third-order valence-corrected chi connectivity index (χ3v) is 6.86. The van der Waals surface area contributed by atoms with Crippen molar-refractivity contribution >= 4 is 33.1 Å². The average molecular weight is 372 g/mol. The van der Waals surface area contributed by atoms with Crippen molar-refractivity contribution < 1.29 is 4.79 Å². The SMILES string of the molecule is Cc1cc2c(N3CCCC(C(=O)NC4CCCCCC4)C3)nccc2s1. The molecule has 1 N–H and O–H groups in total. The Morgan fingerprint density at radius 3 is 2.81 bits per heavy atom. The number of carbonyl (C=O) groups excluding carboxylic acids is 1. The van der Waals surface area contributed by atoms with Gasteiger partial charge in [0.1, 0.15) is 5.82 Å². The summed E-state index contributed by atoms with van der Waals surface area (Å²) >= 11 is 1.82. The highest BCUT2D eigenvalue weighted by atomic mass is 32.1. The summed E-state index contributed by atoms with van der Waals surface area (Å²) in [5.74, 6) is 1.40. The van der Waals surface area contributed by atoms with Crippen LogP contribution in [0, 0.1) is 12.8 Å². The third-order valence-electron chi connectivity index (χ3n) is 5.84. The monoisotopic (exact) mass is 371 g/mol. The molecule has 4 rings (SSSR count). The van der Waals surface area contributed by atoms with Gasteiger partial charge in [-0.05, 0) is 44.7 Å². The van der Waals surface area contributed by atoms with Gasteiger partial charge in [0.25, 0.3) is 0 Å². The van der Waals surface area contributed by atoms with E-state index in [1.165, 1.54) is 40.6 Å². The standard InChI is InChI=1S/C21H29N3OS/c1-15-13-18-19(26-15)10-11-22-20(18)24-12-6-7-16(14-24)21(25)23-17-8-4-2-3-5-9-17/h10-11,13,16-17H,2-9,12,14H2,1H3,(H,23,25). The van der Waals surface area contributed by atoms with Gasteiger partial charge in [0.15, 0.2) is 0 Å². The summed E-state index contributed by atoms with van der Waals surface area (Å²) in [7, 11) is 0. The number of rotatable bonds is 3. The minimum Gasteiger partial charge on any atom is -0.355 e. The number of thiophene rings is 1. The maximum atomic E-state index is 12.9. The van der Waals surface area contributed by atoms with E-state index in [0.717, 1.165) is 44.6 Å². The maximum Gasteiger partial charge on any atom is 0.225 e. The molecule has 1 atom stereocenters. The van der Waals surface area contributed by atoms with E-state index in [0.29, 0.717) is 6.04 Å². The normalized spacial score (nSPS) is 22.3. The number of aryl methyl sites for hydroxylation is 1. The number of nitrogens with one attached hydrogen (secondary N) is 1. The first-order chi connectivity index (χ1) is 12.7. The van der Waals surface area contributed by atoms with Crippen LogP contribution >= 0.6 is 11.3 Å². The Morgan fingerprint density at radius 2 is 2.00 bits per heavy atom. The first kappa shape index (κ1) is 17.8. The summed E-state index contributed by atoms with van der Waals surface area (Å²) in [5.41, 5.74) is 0. The molecule has 2 fully saturated rings. The van der Waals surface area contributed by atoms with E-state index in [4.69, 9.17) is 0 Å². The molecule has 0 radical (unpaired) electrons. The second kappa shape index (κ2) is 7.95. The van der Waals surface area contributed by atoms with Crippen LogP contribution in [0.5, 0.6) is 0 Å². The largest absolute Gasteiger partial charge is 0.355 e. The molecule has 1 amide bonds. The zero-order valence-electron chi connectivity index (χ0n) is 15.7. The Hall–Kier alpha value is -1.62. The van der Waals surface area contributed by atoms with Crippen LogP contribution in [0.25, 0.3) is 10.1 Å². The Morgan fingerprint density at radius 1 is 1.19 bits per heavy atom. The van der Waals surface area contributed by atoms with Gasteiger partial charge in [-0.25, -0.2) is 4.98 Å². The number of anilines is 1. The van der Waals surface area contributed by atoms with Crippen LogP contribution in [-0.4, -0.2) is 30.0 Å². The van der Waals surface area contributed by atoms with Gasteiger partial charge in [-0.2, -0.15) is 0 Å². The van der Waals surface area contributed by atoms with Crippen LogP contribution in [0.1, 0.15) is 56.2 Å². The van der Waals surface area contributed by atoms with Crippen molar-refractivity contribution in [1.29, 1.82) is 0 Å². The number of hydrogen-bond donors (Lipinski definition) is 1. The number of piperidine rings is 1. The van der Waals surface area contributed by atoms with Crippen LogP contribution in [-0.2, 0) is 4.79 Å². The molecule has 1 saturated carbocycles. The first-order valence-corrected chi connectivity index (χ1v) is 10.9. The van der Waals surface area contributed by atoms with Gasteiger partial charge >= 0.3 is 0 Å². The van der Waals surface area contributed by atoms with Crippen molar-refractivity contribution in [1.82, 2.24) is 10.3 Å². The van der Waals surface area contributed by atoms with Gasteiger partial charge in [0.2, 0.25) is 5.91 Å². The highest BCUT2D eigenvalue weighted by Gasteiger charge is 2.29. The molecule has 0 bridgehead atoms. The van der Waals surface area contributed by atoms with Crippen LogP contribution in [0.2, 0.25) is 0 Å². The lowest BCUT2D eigenvalue weighted by Gasteiger charge is -2.34. The van der Waals surface area contributed by atoms with Crippen molar-refractivity contribution in [2.75, 3.05) is 18.0 Å². The molecule has 0 aromatic carbocycles. The number of aromatic nitrogens is 1. The minimum absolute atomic E-state index is 0.0868. The molecule has 0 spiro atoms. The highest BCUT2D eigenvalue weighted by molar-refractivity contribution is 7.19. The topological polar surface area (TPSA) is 45.2 Å². The van der Waals surface area contributed by atoms with Gasteiger partial charge < -0.3 is 10.2 Å². The zero-order valence-corrected chi connectivity index (χ0v) is 16.5. The quantitative estimate of drug-likeness (QED) is 0.798. The van der Waals surface area contributed by atoms with E-state index in [9.17, 15) is 4.79 Å².